The molecule has 0 N–H and O–H groups in total. The molecule has 156 valence electrons. The van der Waals surface area contributed by atoms with Gasteiger partial charge in [0, 0.05) is 22.8 Å². The first-order valence-corrected chi connectivity index (χ1v) is 9.97. The second kappa shape index (κ2) is 9.33. The predicted octanol–water partition coefficient (Wildman–Crippen LogP) is 6.46. The molecular weight excluding hydrogens is 409 g/mol. The van der Waals surface area contributed by atoms with Crippen molar-refractivity contribution in [2.24, 2.45) is 0 Å². The van der Waals surface area contributed by atoms with Crippen LogP contribution in [0.3, 0.4) is 0 Å². The maximum Gasteiger partial charge on any atom is 0.159 e. The summed E-state index contributed by atoms with van der Waals surface area (Å²) >= 11 is 0. The molecule has 0 aromatic heterocycles. The van der Waals surface area contributed by atoms with E-state index in [9.17, 15) is 13.2 Å². The van der Waals surface area contributed by atoms with Crippen molar-refractivity contribution in [1.29, 1.82) is 0 Å². The van der Waals surface area contributed by atoms with Gasteiger partial charge in [0.05, 0.1) is 12.2 Å². The lowest BCUT2D eigenvalue weighted by atomic mass is 10.1. The molecule has 1 nitrogen and oxygen atoms in total. The molecule has 0 heterocycles. The largest absolute Gasteiger partial charge is 0.494 e. The van der Waals surface area contributed by atoms with E-state index < -0.39 is 17.5 Å². The molecule has 0 saturated carbocycles. The smallest absolute Gasteiger partial charge is 0.159 e. The van der Waals surface area contributed by atoms with Crippen LogP contribution in [0.4, 0.5) is 13.2 Å². The van der Waals surface area contributed by atoms with Gasteiger partial charge in [-0.1, -0.05) is 29.7 Å². The first-order chi connectivity index (χ1) is 15.5. The van der Waals surface area contributed by atoms with Crippen molar-refractivity contribution >= 4 is 10.8 Å². The molecule has 0 atom stereocenters. The van der Waals surface area contributed by atoms with Crippen LogP contribution in [-0.4, -0.2) is 6.61 Å². The first-order valence-electron chi connectivity index (χ1n) is 9.97. The van der Waals surface area contributed by atoms with Gasteiger partial charge in [0.25, 0.3) is 0 Å². The molecule has 0 saturated heterocycles. The number of hydrogen-bond acceptors (Lipinski definition) is 1. The minimum atomic E-state index is -0.885. The number of hydrogen-bond donors (Lipinski definition) is 0. The van der Waals surface area contributed by atoms with Crippen LogP contribution in [0.25, 0.3) is 10.8 Å². The predicted molar refractivity (Wildman–Crippen MR) is 120 cm³/mol. The lowest BCUT2D eigenvalue weighted by Gasteiger charge is -2.03. The lowest BCUT2D eigenvalue weighted by Crippen LogP contribution is -1.93. The molecule has 4 aromatic carbocycles. The third-order valence-corrected chi connectivity index (χ3v) is 4.71. The minimum Gasteiger partial charge on any atom is -0.494 e. The zero-order valence-corrected chi connectivity index (χ0v) is 17.2. The number of fused-ring (bicyclic) bond motifs is 1. The van der Waals surface area contributed by atoms with Gasteiger partial charge >= 0.3 is 0 Å². The summed E-state index contributed by atoms with van der Waals surface area (Å²) in [5.41, 5.74) is 2.49. The molecule has 0 amide bonds. The fourth-order valence-electron chi connectivity index (χ4n) is 3.09. The number of rotatable bonds is 2. The highest BCUT2D eigenvalue weighted by Gasteiger charge is 2.04. The Morgan fingerprint density at radius 1 is 0.594 bits per heavy atom. The zero-order chi connectivity index (χ0) is 22.5. The third-order valence-electron chi connectivity index (χ3n) is 4.71. The average Bonchev–Trinajstić information content (AvgIpc) is 2.79. The molecule has 0 fully saturated rings. The van der Waals surface area contributed by atoms with Gasteiger partial charge in [0.2, 0.25) is 0 Å². The highest BCUT2D eigenvalue weighted by molar-refractivity contribution is 5.84. The summed E-state index contributed by atoms with van der Waals surface area (Å²) in [6.45, 7) is 2.31. The highest BCUT2D eigenvalue weighted by Crippen LogP contribution is 2.20. The molecule has 0 aliphatic heterocycles. The van der Waals surface area contributed by atoms with Gasteiger partial charge in [-0.15, -0.1) is 0 Å². The van der Waals surface area contributed by atoms with Crippen LogP contribution in [0.5, 0.6) is 5.75 Å². The monoisotopic (exact) mass is 426 g/mol. The van der Waals surface area contributed by atoms with E-state index in [-0.39, 0.29) is 0 Å². The van der Waals surface area contributed by atoms with Gasteiger partial charge in [0.1, 0.15) is 11.6 Å². The quantitative estimate of drug-likeness (QED) is 0.335. The summed E-state index contributed by atoms with van der Waals surface area (Å²) in [4.78, 5) is 0. The van der Waals surface area contributed by atoms with Crippen LogP contribution in [0, 0.1) is 41.1 Å². The van der Waals surface area contributed by atoms with Crippen molar-refractivity contribution in [3.05, 3.63) is 113 Å². The molecule has 0 bridgehead atoms. The number of ether oxygens (including phenoxy) is 1. The van der Waals surface area contributed by atoms with Crippen LogP contribution in [0.2, 0.25) is 0 Å². The molecule has 4 aromatic rings. The van der Waals surface area contributed by atoms with Gasteiger partial charge in [-0.2, -0.15) is 0 Å². The van der Waals surface area contributed by atoms with E-state index in [1.54, 1.807) is 30.3 Å². The SMILES string of the molecule is CCOc1ccc(C#Cc2ccc(C#Cc3ccc4cc(F)c(F)cc4c3)cc2)c(F)c1. The highest BCUT2D eigenvalue weighted by atomic mass is 19.2. The van der Waals surface area contributed by atoms with Crippen molar-refractivity contribution in [3.8, 4) is 29.4 Å². The molecule has 4 heteroatoms. The maximum atomic E-state index is 14.1. The van der Waals surface area contributed by atoms with Crippen LogP contribution in [-0.2, 0) is 0 Å². The van der Waals surface area contributed by atoms with E-state index in [4.69, 9.17) is 4.74 Å². The van der Waals surface area contributed by atoms with E-state index in [0.717, 1.165) is 17.2 Å². The Labute approximate surface area is 184 Å². The topological polar surface area (TPSA) is 9.23 Å². The molecular formula is C28H17F3O. The fraction of sp³-hybridized carbons (Fsp3) is 0.0714. The Balaban J connectivity index is 1.50. The van der Waals surface area contributed by atoms with E-state index in [2.05, 4.69) is 23.7 Å². The van der Waals surface area contributed by atoms with Gasteiger partial charge in [-0.25, -0.2) is 13.2 Å². The van der Waals surface area contributed by atoms with Gasteiger partial charge in [0.15, 0.2) is 11.6 Å². The molecule has 0 spiro atoms. The molecule has 0 unspecified atom stereocenters. The van der Waals surface area contributed by atoms with Crippen molar-refractivity contribution in [1.82, 2.24) is 0 Å². The molecule has 4 rings (SSSR count). The Kier molecular flexibility index (Phi) is 6.15. The summed E-state index contributed by atoms with van der Waals surface area (Å²) in [6, 6.07) is 19.4. The maximum absolute atomic E-state index is 14.1. The Bertz CT molecular complexity index is 1420. The second-order valence-electron chi connectivity index (χ2n) is 6.98. The van der Waals surface area contributed by atoms with Crippen LogP contribution in [0.15, 0.2) is 72.8 Å². The van der Waals surface area contributed by atoms with Crippen molar-refractivity contribution < 1.29 is 17.9 Å². The summed E-state index contributed by atoms with van der Waals surface area (Å²) in [5, 5.41) is 1.20. The van der Waals surface area contributed by atoms with Crippen molar-refractivity contribution in [2.45, 2.75) is 6.92 Å². The average molecular weight is 426 g/mol. The van der Waals surface area contributed by atoms with Crippen molar-refractivity contribution in [2.75, 3.05) is 6.61 Å². The number of benzene rings is 4. The van der Waals surface area contributed by atoms with Gasteiger partial charge in [-0.3, -0.25) is 0 Å². The molecule has 0 radical (unpaired) electrons. The summed E-state index contributed by atoms with van der Waals surface area (Å²) in [5.74, 6) is 10.1. The van der Waals surface area contributed by atoms with Crippen LogP contribution < -0.4 is 4.74 Å². The standard InChI is InChI=1S/C28H17F3O/c1-2-32-25-14-13-22(26(29)18-25)11-9-20-5-3-19(4-6-20)7-8-21-10-12-23-16-27(30)28(31)17-24(23)15-21/h3-6,10,12-18H,2H2,1H3. The minimum absolute atomic E-state index is 0.296. The zero-order valence-electron chi connectivity index (χ0n) is 17.2. The molecule has 0 aliphatic carbocycles. The fourth-order valence-corrected chi connectivity index (χ4v) is 3.09. The van der Waals surface area contributed by atoms with Crippen molar-refractivity contribution in [3.63, 3.8) is 0 Å². The van der Waals surface area contributed by atoms with Gasteiger partial charge < -0.3 is 4.74 Å². The van der Waals surface area contributed by atoms with Crippen LogP contribution >= 0.6 is 0 Å². The van der Waals surface area contributed by atoms with E-state index in [1.807, 2.05) is 31.2 Å². The molecule has 0 aliphatic rings. The number of halogens is 3. The summed E-state index contributed by atoms with van der Waals surface area (Å²) in [6.07, 6.45) is 0. The van der Waals surface area contributed by atoms with E-state index in [0.29, 0.717) is 34.3 Å². The Hall–Kier alpha value is -4.15. The first kappa shape index (κ1) is 21.1. The molecule has 32 heavy (non-hydrogen) atoms. The third kappa shape index (κ3) is 4.94. The van der Waals surface area contributed by atoms with Crippen LogP contribution in [0.1, 0.15) is 29.2 Å². The normalized spacial score (nSPS) is 10.1. The Morgan fingerprint density at radius 2 is 1.19 bits per heavy atom. The Morgan fingerprint density at radius 3 is 1.84 bits per heavy atom. The lowest BCUT2D eigenvalue weighted by molar-refractivity contribution is 0.338. The van der Waals surface area contributed by atoms with E-state index >= 15 is 0 Å². The van der Waals surface area contributed by atoms with Gasteiger partial charge in [-0.05, 0) is 78.4 Å². The summed E-state index contributed by atoms with van der Waals surface area (Å²) < 4.78 is 46.2. The second-order valence-corrected chi connectivity index (χ2v) is 6.98. The summed E-state index contributed by atoms with van der Waals surface area (Å²) in [7, 11) is 0. The van der Waals surface area contributed by atoms with E-state index in [1.165, 1.54) is 12.1 Å².